The van der Waals surface area contributed by atoms with E-state index in [1.165, 1.54) is 0 Å². The minimum atomic E-state index is -4.82. The molecule has 0 bridgehead atoms. The van der Waals surface area contributed by atoms with Crippen molar-refractivity contribution in [3.05, 3.63) is 0 Å². The van der Waals surface area contributed by atoms with Crippen LogP contribution >= 0.6 is 0 Å². The summed E-state index contributed by atoms with van der Waals surface area (Å²) in [5.74, 6) is -1.48. The van der Waals surface area contributed by atoms with Crippen LogP contribution in [0.2, 0.25) is 0 Å². The van der Waals surface area contributed by atoms with Crippen LogP contribution < -0.4 is 5.73 Å². The maximum atomic E-state index is 12.3. The van der Waals surface area contributed by atoms with Crippen LogP contribution in [0.3, 0.4) is 0 Å². The number of hydrogen-bond donors (Lipinski definition) is 1. The molecule has 1 fully saturated rings. The molecule has 0 saturated carbocycles. The van der Waals surface area contributed by atoms with Crippen LogP contribution in [0.5, 0.6) is 0 Å². The maximum absolute atomic E-state index is 12.3. The quantitative estimate of drug-likeness (QED) is 0.748. The lowest BCUT2D eigenvalue weighted by molar-refractivity contribution is -0.203. The number of alkyl halides is 3. The van der Waals surface area contributed by atoms with Crippen molar-refractivity contribution in [2.24, 2.45) is 5.73 Å². The molecule has 94 valence electrons. The second kappa shape index (κ2) is 4.58. The Morgan fingerprint density at radius 1 is 1.56 bits per heavy atom. The molecule has 1 rings (SSSR count). The molecule has 7 heteroatoms. The van der Waals surface area contributed by atoms with Gasteiger partial charge < -0.3 is 15.2 Å². The van der Waals surface area contributed by atoms with Crippen molar-refractivity contribution in [3.8, 4) is 0 Å². The third-order valence-electron chi connectivity index (χ3n) is 2.44. The third-order valence-corrected chi connectivity index (χ3v) is 2.44. The van der Waals surface area contributed by atoms with Gasteiger partial charge in [-0.2, -0.15) is 13.2 Å². The van der Waals surface area contributed by atoms with Gasteiger partial charge in [0.05, 0.1) is 6.10 Å². The second-order valence-corrected chi connectivity index (χ2v) is 3.93. The van der Waals surface area contributed by atoms with E-state index in [0.717, 1.165) is 6.42 Å². The van der Waals surface area contributed by atoms with Crippen molar-refractivity contribution in [2.45, 2.75) is 37.6 Å². The third kappa shape index (κ3) is 2.85. The minimum absolute atomic E-state index is 0.179. The van der Waals surface area contributed by atoms with E-state index in [-0.39, 0.29) is 12.7 Å². The molecule has 0 amide bonds. The van der Waals surface area contributed by atoms with Crippen LogP contribution in [0, 0.1) is 0 Å². The summed E-state index contributed by atoms with van der Waals surface area (Å²) in [5, 5.41) is 0. The van der Waals surface area contributed by atoms with E-state index in [9.17, 15) is 18.0 Å². The van der Waals surface area contributed by atoms with E-state index >= 15 is 0 Å². The topological polar surface area (TPSA) is 61.6 Å². The maximum Gasteiger partial charge on any atom is 0.416 e. The normalized spacial score (nSPS) is 25.2. The molecular formula is C9H14F3NO3. The predicted molar refractivity (Wildman–Crippen MR) is 48.6 cm³/mol. The first-order valence-electron chi connectivity index (χ1n) is 4.89. The number of nitrogens with two attached hydrogens (primary N) is 1. The Hall–Kier alpha value is -0.820. The van der Waals surface area contributed by atoms with Gasteiger partial charge in [-0.15, -0.1) is 0 Å². The number of esters is 1. The van der Waals surface area contributed by atoms with Gasteiger partial charge in [-0.3, -0.25) is 0 Å². The molecule has 2 N–H and O–H groups in total. The number of hydrogen-bond acceptors (Lipinski definition) is 4. The number of rotatable bonds is 3. The Bertz CT molecular complexity index is 259. The van der Waals surface area contributed by atoms with Crippen LogP contribution in [0.25, 0.3) is 0 Å². The summed E-state index contributed by atoms with van der Waals surface area (Å²) >= 11 is 0. The van der Waals surface area contributed by atoms with Gasteiger partial charge >= 0.3 is 12.1 Å². The van der Waals surface area contributed by atoms with Crippen LogP contribution in [0.15, 0.2) is 0 Å². The van der Waals surface area contributed by atoms with Crippen molar-refractivity contribution < 1.29 is 27.4 Å². The van der Waals surface area contributed by atoms with Crippen LogP contribution in [-0.4, -0.2) is 37.0 Å². The fraction of sp³-hybridized carbons (Fsp3) is 0.889. The van der Waals surface area contributed by atoms with Gasteiger partial charge in [0.15, 0.2) is 0 Å². The number of carbonyl (C=O) groups excluding carboxylic acids is 1. The molecule has 0 aromatic rings. The molecule has 2 atom stereocenters. The fourth-order valence-corrected chi connectivity index (χ4v) is 1.21. The molecule has 0 spiro atoms. The van der Waals surface area contributed by atoms with E-state index < -0.39 is 17.7 Å². The molecule has 1 aliphatic rings. The Morgan fingerprint density at radius 3 is 2.62 bits per heavy atom. The van der Waals surface area contributed by atoms with Gasteiger partial charge in [-0.05, 0) is 19.8 Å². The second-order valence-electron chi connectivity index (χ2n) is 3.93. The van der Waals surface area contributed by atoms with Gasteiger partial charge in [-0.1, -0.05) is 0 Å². The predicted octanol–water partition coefficient (Wildman–Crippen LogP) is 0.988. The number of ether oxygens (including phenoxy) is 2. The summed E-state index contributed by atoms with van der Waals surface area (Å²) in [5.41, 5.74) is 1.92. The Labute approximate surface area is 90.9 Å². The molecular weight excluding hydrogens is 227 g/mol. The summed E-state index contributed by atoms with van der Waals surface area (Å²) < 4.78 is 46.6. The molecule has 4 nitrogen and oxygen atoms in total. The molecule has 1 saturated heterocycles. The first-order chi connectivity index (χ1) is 7.25. The summed E-state index contributed by atoms with van der Waals surface area (Å²) in [7, 11) is 0. The van der Waals surface area contributed by atoms with Crippen molar-refractivity contribution in [2.75, 3.05) is 13.2 Å². The van der Waals surface area contributed by atoms with Gasteiger partial charge in [0.25, 0.3) is 0 Å². The van der Waals surface area contributed by atoms with Gasteiger partial charge in [0, 0.05) is 6.61 Å². The van der Waals surface area contributed by atoms with Gasteiger partial charge in [0.1, 0.15) is 6.61 Å². The molecule has 1 heterocycles. The Balaban J connectivity index is 2.45. The lowest BCUT2D eigenvalue weighted by atomic mass is 10.0. The van der Waals surface area contributed by atoms with E-state index in [0.29, 0.717) is 20.0 Å². The van der Waals surface area contributed by atoms with Gasteiger partial charge in [-0.25, -0.2) is 4.79 Å². The SMILES string of the molecule is CC(N)(C(=O)OCC1CCCO1)C(F)(F)F. The zero-order chi connectivity index (χ0) is 12.4. The highest BCUT2D eigenvalue weighted by atomic mass is 19.4. The van der Waals surface area contributed by atoms with Crippen LogP contribution in [0.4, 0.5) is 13.2 Å². The number of carbonyl (C=O) groups is 1. The average molecular weight is 241 g/mol. The average Bonchev–Trinajstić information content (AvgIpc) is 2.64. The highest BCUT2D eigenvalue weighted by Crippen LogP contribution is 2.29. The molecule has 0 radical (unpaired) electrons. The van der Waals surface area contributed by atoms with Crippen LogP contribution in [-0.2, 0) is 14.3 Å². The van der Waals surface area contributed by atoms with Gasteiger partial charge in [0.2, 0.25) is 5.54 Å². The minimum Gasteiger partial charge on any atom is -0.461 e. The molecule has 0 aromatic heterocycles. The molecule has 2 unspecified atom stereocenters. The summed E-state index contributed by atoms with van der Waals surface area (Å²) in [6.45, 7) is 0.952. The van der Waals surface area contributed by atoms with Crippen LogP contribution in [0.1, 0.15) is 19.8 Å². The zero-order valence-electron chi connectivity index (χ0n) is 8.84. The van der Waals surface area contributed by atoms with E-state index in [1.54, 1.807) is 0 Å². The molecule has 16 heavy (non-hydrogen) atoms. The van der Waals surface area contributed by atoms with Crippen molar-refractivity contribution in [1.29, 1.82) is 0 Å². The summed E-state index contributed by atoms with van der Waals surface area (Å²) in [6.07, 6.45) is -3.63. The van der Waals surface area contributed by atoms with Crippen molar-refractivity contribution in [1.82, 2.24) is 0 Å². The van der Waals surface area contributed by atoms with Crippen molar-refractivity contribution >= 4 is 5.97 Å². The summed E-state index contributed by atoms with van der Waals surface area (Å²) in [4.78, 5) is 11.1. The monoisotopic (exact) mass is 241 g/mol. The highest BCUT2D eigenvalue weighted by Gasteiger charge is 2.55. The van der Waals surface area contributed by atoms with E-state index in [1.807, 2.05) is 0 Å². The zero-order valence-corrected chi connectivity index (χ0v) is 8.84. The number of halogens is 3. The lowest BCUT2D eigenvalue weighted by Crippen LogP contribution is -2.58. The molecule has 1 aliphatic heterocycles. The Morgan fingerprint density at radius 2 is 2.19 bits per heavy atom. The fourth-order valence-electron chi connectivity index (χ4n) is 1.21. The highest BCUT2D eigenvalue weighted by molar-refractivity contribution is 5.81. The smallest absolute Gasteiger partial charge is 0.416 e. The van der Waals surface area contributed by atoms with Crippen molar-refractivity contribution in [3.63, 3.8) is 0 Å². The Kier molecular flexibility index (Phi) is 3.80. The summed E-state index contributed by atoms with van der Waals surface area (Å²) in [6, 6.07) is 0. The first kappa shape index (κ1) is 13.2. The van der Waals surface area contributed by atoms with E-state index in [4.69, 9.17) is 10.5 Å². The first-order valence-corrected chi connectivity index (χ1v) is 4.89. The van der Waals surface area contributed by atoms with E-state index in [2.05, 4.69) is 4.74 Å². The lowest BCUT2D eigenvalue weighted by Gasteiger charge is -2.25. The standard InChI is InChI=1S/C9H14F3NO3/c1-8(13,9(10,11)12)7(14)16-5-6-3-2-4-15-6/h6H,2-5,13H2,1H3. The molecule has 0 aliphatic carbocycles. The largest absolute Gasteiger partial charge is 0.461 e. The molecule has 0 aromatic carbocycles.